The van der Waals surface area contributed by atoms with Gasteiger partial charge in [0.15, 0.2) is 5.65 Å². The monoisotopic (exact) mass is 487 g/mol. The SMILES string of the molecule is C=C(C)/C=C(\N=C/N)N1CCC(Nc2nc3c(-c4ccc(F)c(C(F)(F)F)c4)cccn3n2)CC1. The summed E-state index contributed by atoms with van der Waals surface area (Å²) in [4.78, 5) is 10.9. The Hall–Kier alpha value is -3.89. The number of nitrogens with two attached hydrogens (primary N) is 1. The second-order valence-corrected chi connectivity index (χ2v) is 8.35. The highest BCUT2D eigenvalue weighted by Crippen LogP contribution is 2.35. The Morgan fingerprint density at radius 3 is 2.66 bits per heavy atom. The first-order chi connectivity index (χ1) is 16.7. The van der Waals surface area contributed by atoms with E-state index < -0.39 is 17.6 Å². The van der Waals surface area contributed by atoms with Gasteiger partial charge in [0.05, 0.1) is 11.9 Å². The van der Waals surface area contributed by atoms with Crippen LogP contribution in [0, 0.1) is 5.82 Å². The van der Waals surface area contributed by atoms with Gasteiger partial charge in [-0.3, -0.25) is 0 Å². The summed E-state index contributed by atoms with van der Waals surface area (Å²) >= 11 is 0. The van der Waals surface area contributed by atoms with Crippen LogP contribution in [0.5, 0.6) is 0 Å². The Morgan fingerprint density at radius 2 is 2.00 bits per heavy atom. The Bertz CT molecular complexity index is 1280. The molecule has 3 N–H and O–H groups in total. The molecule has 35 heavy (non-hydrogen) atoms. The first-order valence-corrected chi connectivity index (χ1v) is 11.0. The smallest absolute Gasteiger partial charge is 0.390 e. The number of rotatable bonds is 6. The first kappa shape index (κ1) is 24.2. The van der Waals surface area contributed by atoms with E-state index in [9.17, 15) is 17.6 Å². The highest BCUT2D eigenvalue weighted by molar-refractivity contribution is 5.78. The molecule has 7 nitrogen and oxygen atoms in total. The molecule has 1 aliphatic rings. The lowest BCUT2D eigenvalue weighted by molar-refractivity contribution is -0.139. The van der Waals surface area contributed by atoms with Gasteiger partial charge in [0.2, 0.25) is 5.95 Å². The van der Waals surface area contributed by atoms with Crippen LogP contribution in [0.3, 0.4) is 0 Å². The molecule has 0 amide bonds. The largest absolute Gasteiger partial charge is 0.419 e. The van der Waals surface area contributed by atoms with Crippen molar-refractivity contribution in [1.29, 1.82) is 0 Å². The van der Waals surface area contributed by atoms with Crippen molar-refractivity contribution in [3.63, 3.8) is 0 Å². The van der Waals surface area contributed by atoms with Crippen LogP contribution in [0.4, 0.5) is 23.5 Å². The minimum atomic E-state index is -4.80. The predicted octanol–water partition coefficient (Wildman–Crippen LogP) is 4.84. The van der Waals surface area contributed by atoms with E-state index in [1.165, 1.54) is 16.9 Å². The topological polar surface area (TPSA) is 83.8 Å². The number of benzene rings is 1. The van der Waals surface area contributed by atoms with Crippen LogP contribution in [0.2, 0.25) is 0 Å². The summed E-state index contributed by atoms with van der Waals surface area (Å²) in [6.45, 7) is 7.26. The van der Waals surface area contributed by atoms with E-state index in [2.05, 4.69) is 31.9 Å². The van der Waals surface area contributed by atoms with Crippen molar-refractivity contribution in [2.75, 3.05) is 18.4 Å². The van der Waals surface area contributed by atoms with E-state index in [0.717, 1.165) is 49.5 Å². The summed E-state index contributed by atoms with van der Waals surface area (Å²) in [7, 11) is 0. The van der Waals surface area contributed by atoms with E-state index >= 15 is 0 Å². The highest BCUT2D eigenvalue weighted by atomic mass is 19.4. The van der Waals surface area contributed by atoms with Crippen molar-refractivity contribution < 1.29 is 17.6 Å². The highest BCUT2D eigenvalue weighted by Gasteiger charge is 2.34. The third-order valence-corrected chi connectivity index (χ3v) is 5.68. The van der Waals surface area contributed by atoms with Gasteiger partial charge in [-0.25, -0.2) is 13.9 Å². The average Bonchev–Trinajstić information content (AvgIpc) is 3.21. The van der Waals surface area contributed by atoms with Crippen LogP contribution in [0.15, 0.2) is 65.6 Å². The fourth-order valence-corrected chi connectivity index (χ4v) is 4.05. The number of hydrogen-bond donors (Lipinski definition) is 2. The zero-order valence-corrected chi connectivity index (χ0v) is 19.1. The fourth-order valence-electron chi connectivity index (χ4n) is 4.05. The average molecular weight is 488 g/mol. The molecule has 2 aromatic heterocycles. The van der Waals surface area contributed by atoms with Gasteiger partial charge >= 0.3 is 6.18 Å². The number of nitrogens with one attached hydrogen (secondary N) is 1. The van der Waals surface area contributed by atoms with Gasteiger partial charge in [0.1, 0.15) is 11.6 Å². The summed E-state index contributed by atoms with van der Waals surface area (Å²) < 4.78 is 54.8. The molecule has 1 saturated heterocycles. The third kappa shape index (κ3) is 5.44. The Kier molecular flexibility index (Phi) is 6.77. The van der Waals surface area contributed by atoms with Crippen LogP contribution < -0.4 is 11.1 Å². The number of allylic oxidation sites excluding steroid dienone is 2. The van der Waals surface area contributed by atoms with E-state index in [4.69, 9.17) is 5.73 Å². The number of hydrogen-bond acceptors (Lipinski definition) is 5. The van der Waals surface area contributed by atoms with Gasteiger partial charge in [0.25, 0.3) is 0 Å². The Labute approximate surface area is 199 Å². The molecule has 0 unspecified atom stereocenters. The van der Waals surface area contributed by atoms with Gasteiger partial charge in [-0.2, -0.15) is 18.2 Å². The van der Waals surface area contributed by atoms with Gasteiger partial charge in [-0.05, 0) is 55.7 Å². The lowest BCUT2D eigenvalue weighted by Crippen LogP contribution is -2.38. The number of nitrogens with zero attached hydrogens (tertiary/aromatic N) is 5. The standard InChI is InChI=1S/C24H25F4N7/c1-15(2)12-21(30-14-29)34-10-7-17(8-11-34)31-23-32-22-18(4-3-9-35(22)33-23)16-5-6-20(25)19(13-16)24(26,27)28/h3-6,9,12-14,17H,1,7-8,10-11H2,2H3,(H2,29,30)(H,31,33)/b21-12+. The van der Waals surface area contributed by atoms with Crippen molar-refractivity contribution in [2.24, 2.45) is 10.7 Å². The maximum atomic E-state index is 13.8. The number of aliphatic imine (C=N–C) groups is 1. The lowest BCUT2D eigenvalue weighted by Gasteiger charge is -2.33. The van der Waals surface area contributed by atoms with Crippen molar-refractivity contribution in [2.45, 2.75) is 32.0 Å². The normalized spacial score (nSPS) is 15.8. The van der Waals surface area contributed by atoms with Gasteiger partial charge in [-0.1, -0.05) is 18.2 Å². The molecule has 0 radical (unpaired) electrons. The first-order valence-electron chi connectivity index (χ1n) is 11.0. The maximum Gasteiger partial charge on any atom is 0.419 e. The summed E-state index contributed by atoms with van der Waals surface area (Å²) in [5.74, 6) is -0.194. The predicted molar refractivity (Wildman–Crippen MR) is 127 cm³/mol. The molecular formula is C24H25F4N7. The Morgan fingerprint density at radius 1 is 1.26 bits per heavy atom. The van der Waals surface area contributed by atoms with E-state index in [1.807, 2.05) is 13.0 Å². The molecule has 1 aromatic carbocycles. The molecule has 0 saturated carbocycles. The fraction of sp³-hybridized carbons (Fsp3) is 0.292. The number of halogens is 4. The maximum absolute atomic E-state index is 13.8. The van der Waals surface area contributed by atoms with Gasteiger partial charge in [-0.15, -0.1) is 5.10 Å². The summed E-state index contributed by atoms with van der Waals surface area (Å²) in [5.41, 5.74) is 6.02. The summed E-state index contributed by atoms with van der Waals surface area (Å²) in [6, 6.07) is 6.30. The minimum Gasteiger partial charge on any atom is -0.390 e. The number of piperidine rings is 1. The van der Waals surface area contributed by atoms with Crippen molar-refractivity contribution in [1.82, 2.24) is 19.5 Å². The number of fused-ring (bicyclic) bond motifs is 1. The number of likely N-dealkylation sites (tertiary alicyclic amines) is 1. The lowest BCUT2D eigenvalue weighted by atomic mass is 10.0. The molecule has 4 rings (SSSR count). The van der Waals surface area contributed by atoms with E-state index in [1.54, 1.807) is 18.3 Å². The molecule has 1 aliphatic heterocycles. The Balaban J connectivity index is 1.53. The number of alkyl halides is 3. The molecule has 3 heterocycles. The molecular weight excluding hydrogens is 462 g/mol. The molecule has 0 atom stereocenters. The molecule has 0 aliphatic carbocycles. The quantitative estimate of drug-likeness (QED) is 0.225. The minimum absolute atomic E-state index is 0.0997. The van der Waals surface area contributed by atoms with Crippen molar-refractivity contribution in [3.8, 4) is 11.1 Å². The second-order valence-electron chi connectivity index (χ2n) is 8.35. The van der Waals surface area contributed by atoms with Crippen molar-refractivity contribution >= 4 is 17.9 Å². The van der Waals surface area contributed by atoms with Gasteiger partial charge in [0, 0.05) is 30.9 Å². The second kappa shape index (κ2) is 9.77. The number of aromatic nitrogens is 3. The van der Waals surface area contributed by atoms with Crippen LogP contribution in [0.25, 0.3) is 16.8 Å². The van der Waals surface area contributed by atoms with Crippen LogP contribution in [0.1, 0.15) is 25.3 Å². The molecule has 0 bridgehead atoms. The van der Waals surface area contributed by atoms with Crippen LogP contribution in [-0.4, -0.2) is 45.0 Å². The third-order valence-electron chi connectivity index (χ3n) is 5.68. The number of pyridine rings is 1. The number of anilines is 1. The van der Waals surface area contributed by atoms with Crippen molar-refractivity contribution in [3.05, 3.63) is 72.0 Å². The van der Waals surface area contributed by atoms with E-state index in [0.29, 0.717) is 17.2 Å². The van der Waals surface area contributed by atoms with Crippen LogP contribution in [-0.2, 0) is 6.18 Å². The van der Waals surface area contributed by atoms with Gasteiger partial charge < -0.3 is 16.0 Å². The summed E-state index contributed by atoms with van der Waals surface area (Å²) in [5, 5.41) is 7.74. The molecule has 184 valence electrons. The molecule has 11 heteroatoms. The zero-order chi connectivity index (χ0) is 25.2. The zero-order valence-electron chi connectivity index (χ0n) is 19.1. The van der Waals surface area contributed by atoms with E-state index in [-0.39, 0.29) is 11.6 Å². The molecule has 0 spiro atoms. The molecule has 1 fully saturated rings. The molecule has 3 aromatic rings. The van der Waals surface area contributed by atoms with Crippen LogP contribution >= 0.6 is 0 Å². The summed E-state index contributed by atoms with van der Waals surface area (Å²) in [6.07, 6.45) is 1.59.